The van der Waals surface area contributed by atoms with Crippen LogP contribution in [-0.2, 0) is 11.3 Å². The highest BCUT2D eigenvalue weighted by atomic mass is 127. The number of hydrogen-bond acceptors (Lipinski definition) is 2. The average Bonchev–Trinajstić information content (AvgIpc) is 2.62. The van der Waals surface area contributed by atoms with E-state index in [-0.39, 0.29) is 29.9 Å². The summed E-state index contributed by atoms with van der Waals surface area (Å²) < 4.78 is 0. The summed E-state index contributed by atoms with van der Waals surface area (Å²) in [6.45, 7) is 3.15. The Balaban J connectivity index is 0.00000338. The zero-order valence-electron chi connectivity index (χ0n) is 16.0. The maximum Gasteiger partial charge on any atom is 0.221 e. The second kappa shape index (κ2) is 12.9. The molecule has 1 fully saturated rings. The van der Waals surface area contributed by atoms with Gasteiger partial charge in [-0.15, -0.1) is 24.0 Å². The summed E-state index contributed by atoms with van der Waals surface area (Å²) in [6.07, 6.45) is 9.60. The van der Waals surface area contributed by atoms with Gasteiger partial charge < -0.3 is 16.0 Å². The average molecular weight is 472 g/mol. The summed E-state index contributed by atoms with van der Waals surface area (Å²) in [4.78, 5) is 15.4. The molecule has 0 bridgehead atoms. The van der Waals surface area contributed by atoms with Gasteiger partial charge in [0.25, 0.3) is 0 Å². The molecule has 0 spiro atoms. The highest BCUT2D eigenvalue weighted by Crippen LogP contribution is 2.26. The molecule has 1 saturated carbocycles. The molecule has 1 amide bonds. The lowest BCUT2D eigenvalue weighted by atomic mass is 9.86. The van der Waals surface area contributed by atoms with Gasteiger partial charge in [0.15, 0.2) is 5.96 Å². The Labute approximate surface area is 174 Å². The fourth-order valence-corrected chi connectivity index (χ4v) is 3.44. The number of aliphatic imine (C=N–C) groups is 1. The van der Waals surface area contributed by atoms with Gasteiger partial charge in [-0.05, 0) is 36.5 Å². The number of benzene rings is 1. The first-order valence-corrected chi connectivity index (χ1v) is 9.48. The molecule has 1 aromatic carbocycles. The summed E-state index contributed by atoms with van der Waals surface area (Å²) in [7, 11) is 1.80. The summed E-state index contributed by atoms with van der Waals surface area (Å²) in [5.41, 5.74) is 1.93. The highest BCUT2D eigenvalue weighted by Gasteiger charge is 2.12. The summed E-state index contributed by atoms with van der Waals surface area (Å²) in [5.74, 6) is 1.70. The quantitative estimate of drug-likeness (QED) is 0.240. The molecule has 3 N–H and O–H groups in total. The van der Waals surface area contributed by atoms with Gasteiger partial charge in [-0.1, -0.05) is 44.2 Å². The molecule has 0 aromatic heterocycles. The fraction of sp³-hybridized carbons (Fsp3) is 0.600. The van der Waals surface area contributed by atoms with Gasteiger partial charge in [-0.2, -0.15) is 0 Å². The second-order valence-electron chi connectivity index (χ2n) is 6.88. The van der Waals surface area contributed by atoms with Crippen LogP contribution in [0.1, 0.15) is 57.4 Å². The predicted molar refractivity (Wildman–Crippen MR) is 120 cm³/mol. The first kappa shape index (κ1) is 22.7. The number of hydrogen-bond donors (Lipinski definition) is 3. The van der Waals surface area contributed by atoms with Crippen LogP contribution in [0.3, 0.4) is 0 Å². The third-order valence-electron chi connectivity index (χ3n) is 4.74. The number of amides is 1. The number of carbonyl (C=O) groups is 1. The van der Waals surface area contributed by atoms with E-state index >= 15 is 0 Å². The van der Waals surface area contributed by atoms with Crippen molar-refractivity contribution in [2.24, 2.45) is 10.9 Å². The number of halogens is 1. The van der Waals surface area contributed by atoms with E-state index < -0.39 is 0 Å². The third-order valence-corrected chi connectivity index (χ3v) is 4.74. The molecule has 26 heavy (non-hydrogen) atoms. The summed E-state index contributed by atoms with van der Waals surface area (Å²) >= 11 is 0. The van der Waals surface area contributed by atoms with Crippen molar-refractivity contribution in [1.82, 2.24) is 10.6 Å². The first-order chi connectivity index (χ1) is 12.2. The van der Waals surface area contributed by atoms with Crippen LogP contribution in [0, 0.1) is 5.92 Å². The number of nitrogens with zero attached hydrogens (tertiary/aromatic N) is 1. The molecule has 1 aromatic rings. The maximum absolute atomic E-state index is 11.1. The predicted octanol–water partition coefficient (Wildman–Crippen LogP) is 4.29. The third kappa shape index (κ3) is 8.87. The Morgan fingerprint density at radius 3 is 2.65 bits per heavy atom. The van der Waals surface area contributed by atoms with Crippen molar-refractivity contribution in [2.45, 2.75) is 58.4 Å². The van der Waals surface area contributed by atoms with Gasteiger partial charge in [-0.25, -0.2) is 0 Å². The van der Waals surface area contributed by atoms with Crippen molar-refractivity contribution in [2.75, 3.05) is 18.9 Å². The lowest BCUT2D eigenvalue weighted by Crippen LogP contribution is -2.37. The summed E-state index contributed by atoms with van der Waals surface area (Å²) in [5, 5.41) is 9.53. The zero-order chi connectivity index (χ0) is 17.9. The summed E-state index contributed by atoms with van der Waals surface area (Å²) in [6, 6.07) is 7.85. The SMILES string of the molecule is CN=C(NCCCC1CCCCC1)NCc1cccc(NC(C)=O)c1.I. The van der Waals surface area contributed by atoms with Gasteiger partial charge in [0.05, 0.1) is 0 Å². The topological polar surface area (TPSA) is 65.5 Å². The standard InChI is InChI=1S/C20H32N4O.HI/c1-16(25)24-19-12-6-10-18(14-19)15-23-20(21-2)22-13-7-11-17-8-4-3-5-9-17;/h6,10,12,14,17H,3-5,7-9,11,13,15H2,1-2H3,(H,24,25)(H2,21,22,23);1H. The van der Waals surface area contributed by atoms with Gasteiger partial charge >= 0.3 is 0 Å². The van der Waals surface area contributed by atoms with Crippen molar-refractivity contribution >= 4 is 41.5 Å². The number of guanidine groups is 1. The van der Waals surface area contributed by atoms with Crippen molar-refractivity contribution in [3.63, 3.8) is 0 Å². The molecule has 1 aliphatic carbocycles. The number of rotatable bonds is 7. The molecule has 0 unspecified atom stereocenters. The minimum absolute atomic E-state index is 0. The molecule has 0 atom stereocenters. The van der Waals surface area contributed by atoms with Crippen LogP contribution in [-0.4, -0.2) is 25.5 Å². The molecular formula is C20H33IN4O. The largest absolute Gasteiger partial charge is 0.356 e. The normalized spacial score (nSPS) is 15.1. The van der Waals surface area contributed by atoms with E-state index in [1.807, 2.05) is 24.3 Å². The van der Waals surface area contributed by atoms with E-state index in [2.05, 4.69) is 20.9 Å². The van der Waals surface area contributed by atoms with Crippen LogP contribution in [0.2, 0.25) is 0 Å². The van der Waals surface area contributed by atoms with Gasteiger partial charge in [0, 0.05) is 32.7 Å². The Kier molecular flexibility index (Phi) is 11.3. The van der Waals surface area contributed by atoms with E-state index in [1.54, 1.807) is 7.05 Å². The fourth-order valence-electron chi connectivity index (χ4n) is 3.44. The lowest BCUT2D eigenvalue weighted by molar-refractivity contribution is -0.114. The minimum atomic E-state index is -0.0550. The molecule has 0 saturated heterocycles. The molecule has 1 aliphatic rings. The molecule has 2 rings (SSSR count). The monoisotopic (exact) mass is 472 g/mol. The van der Waals surface area contributed by atoms with Crippen LogP contribution in [0.5, 0.6) is 0 Å². The van der Waals surface area contributed by atoms with E-state index in [0.717, 1.165) is 29.7 Å². The Hall–Kier alpha value is -1.31. The molecule has 0 radical (unpaired) electrons. The molecule has 6 heteroatoms. The molecule has 5 nitrogen and oxygen atoms in total. The number of carbonyl (C=O) groups excluding carboxylic acids is 1. The molecular weight excluding hydrogens is 439 g/mol. The maximum atomic E-state index is 11.1. The van der Waals surface area contributed by atoms with Crippen LogP contribution in [0.25, 0.3) is 0 Å². The van der Waals surface area contributed by atoms with Crippen molar-refractivity contribution in [3.05, 3.63) is 29.8 Å². The first-order valence-electron chi connectivity index (χ1n) is 9.48. The van der Waals surface area contributed by atoms with Gasteiger partial charge in [0.1, 0.15) is 0 Å². The van der Waals surface area contributed by atoms with Gasteiger partial charge in [-0.3, -0.25) is 9.79 Å². The highest BCUT2D eigenvalue weighted by molar-refractivity contribution is 14.0. The van der Waals surface area contributed by atoms with Gasteiger partial charge in [0.2, 0.25) is 5.91 Å². The number of anilines is 1. The number of nitrogens with one attached hydrogen (secondary N) is 3. The van der Waals surface area contributed by atoms with Crippen LogP contribution < -0.4 is 16.0 Å². The Morgan fingerprint density at radius 2 is 1.96 bits per heavy atom. The van der Waals surface area contributed by atoms with E-state index in [4.69, 9.17) is 0 Å². The Bertz CT molecular complexity index is 571. The lowest BCUT2D eigenvalue weighted by Gasteiger charge is -2.21. The van der Waals surface area contributed by atoms with E-state index in [0.29, 0.717) is 6.54 Å². The van der Waals surface area contributed by atoms with Crippen LogP contribution in [0.4, 0.5) is 5.69 Å². The molecule has 0 aliphatic heterocycles. The zero-order valence-corrected chi connectivity index (χ0v) is 18.3. The molecule has 146 valence electrons. The van der Waals surface area contributed by atoms with Crippen LogP contribution in [0.15, 0.2) is 29.3 Å². The van der Waals surface area contributed by atoms with Crippen molar-refractivity contribution in [1.29, 1.82) is 0 Å². The Morgan fingerprint density at radius 1 is 1.19 bits per heavy atom. The van der Waals surface area contributed by atoms with Crippen molar-refractivity contribution < 1.29 is 4.79 Å². The van der Waals surface area contributed by atoms with Crippen LogP contribution >= 0.6 is 24.0 Å². The van der Waals surface area contributed by atoms with Crippen molar-refractivity contribution in [3.8, 4) is 0 Å². The smallest absolute Gasteiger partial charge is 0.221 e. The molecule has 0 heterocycles. The minimum Gasteiger partial charge on any atom is -0.356 e. The van der Waals surface area contributed by atoms with E-state index in [9.17, 15) is 4.79 Å². The van der Waals surface area contributed by atoms with E-state index in [1.165, 1.54) is 51.9 Å². The second-order valence-corrected chi connectivity index (χ2v) is 6.88.